The molecule has 0 spiro atoms. The Labute approximate surface area is 145 Å². The first-order chi connectivity index (χ1) is 11.6. The number of nitrogens with zero attached hydrogens (tertiary/aromatic N) is 4. The molecule has 3 aromatic rings. The molecular formula is C18H18ClN5. The number of rotatable bonds is 3. The van der Waals surface area contributed by atoms with Crippen LogP contribution in [0.15, 0.2) is 36.4 Å². The lowest BCUT2D eigenvalue weighted by Crippen LogP contribution is -2.21. The molecule has 0 atom stereocenters. The van der Waals surface area contributed by atoms with Crippen molar-refractivity contribution in [1.29, 1.82) is 0 Å². The molecule has 24 heavy (non-hydrogen) atoms. The van der Waals surface area contributed by atoms with Crippen LogP contribution in [0.4, 0.5) is 5.82 Å². The molecule has 122 valence electrons. The van der Waals surface area contributed by atoms with Gasteiger partial charge in [0.05, 0.1) is 5.69 Å². The molecule has 0 aliphatic heterocycles. The van der Waals surface area contributed by atoms with Gasteiger partial charge in [0.1, 0.15) is 11.0 Å². The summed E-state index contributed by atoms with van der Waals surface area (Å²) in [7, 11) is 0. The quantitative estimate of drug-likeness (QED) is 0.742. The van der Waals surface area contributed by atoms with Crippen molar-refractivity contribution in [2.75, 3.05) is 5.32 Å². The molecule has 0 bridgehead atoms. The maximum atomic E-state index is 6.20. The minimum absolute atomic E-state index is 0.321. The summed E-state index contributed by atoms with van der Waals surface area (Å²) >= 11 is 6.20. The topological polar surface area (TPSA) is 55.6 Å². The largest absolute Gasteiger partial charge is 0.366 e. The van der Waals surface area contributed by atoms with E-state index in [2.05, 4.69) is 44.6 Å². The van der Waals surface area contributed by atoms with Gasteiger partial charge in [-0.15, -0.1) is 0 Å². The SMILES string of the molecule is Cc1cc(C)n(-c2nc(Cl)cc(NC3Cc4ccccc4C3)n2)n1. The van der Waals surface area contributed by atoms with Crippen LogP contribution >= 0.6 is 11.6 Å². The van der Waals surface area contributed by atoms with E-state index in [9.17, 15) is 0 Å². The second-order valence-corrected chi connectivity index (χ2v) is 6.62. The van der Waals surface area contributed by atoms with E-state index >= 15 is 0 Å². The zero-order valence-electron chi connectivity index (χ0n) is 13.6. The summed E-state index contributed by atoms with van der Waals surface area (Å²) in [5, 5.41) is 8.33. The van der Waals surface area contributed by atoms with Gasteiger partial charge in [0.2, 0.25) is 0 Å². The lowest BCUT2D eigenvalue weighted by atomic mass is 10.1. The molecule has 0 saturated carbocycles. The van der Waals surface area contributed by atoms with Gasteiger partial charge >= 0.3 is 0 Å². The third kappa shape index (κ3) is 2.87. The second kappa shape index (κ2) is 5.91. The van der Waals surface area contributed by atoms with Crippen molar-refractivity contribution in [2.24, 2.45) is 0 Å². The molecule has 0 radical (unpaired) electrons. The van der Waals surface area contributed by atoms with Gasteiger partial charge < -0.3 is 5.32 Å². The van der Waals surface area contributed by atoms with Crippen LogP contribution in [0, 0.1) is 13.8 Å². The number of hydrogen-bond donors (Lipinski definition) is 1. The molecule has 5 nitrogen and oxygen atoms in total. The summed E-state index contributed by atoms with van der Waals surface area (Å²) in [6.45, 7) is 3.92. The monoisotopic (exact) mass is 339 g/mol. The highest BCUT2D eigenvalue weighted by Crippen LogP contribution is 2.25. The fourth-order valence-corrected chi connectivity index (χ4v) is 3.45. The summed E-state index contributed by atoms with van der Waals surface area (Å²) in [6.07, 6.45) is 1.99. The number of anilines is 1. The van der Waals surface area contributed by atoms with Gasteiger partial charge in [0.25, 0.3) is 5.95 Å². The molecular weight excluding hydrogens is 322 g/mol. The van der Waals surface area contributed by atoms with Crippen molar-refractivity contribution in [1.82, 2.24) is 19.7 Å². The second-order valence-electron chi connectivity index (χ2n) is 6.23. The number of benzene rings is 1. The standard InChI is InChI=1S/C18H18ClN5/c1-11-7-12(2)24(23-11)18-21-16(19)10-17(22-18)20-15-8-13-5-3-4-6-14(13)9-15/h3-7,10,15H,8-9H2,1-2H3,(H,20,21,22). The minimum atomic E-state index is 0.321. The number of hydrogen-bond acceptors (Lipinski definition) is 4. The van der Waals surface area contributed by atoms with Crippen molar-refractivity contribution >= 4 is 17.4 Å². The van der Waals surface area contributed by atoms with Crippen molar-refractivity contribution in [2.45, 2.75) is 32.7 Å². The normalized spacial score (nSPS) is 14.0. The first kappa shape index (κ1) is 15.1. The predicted octanol–water partition coefficient (Wildman–Crippen LogP) is 3.51. The van der Waals surface area contributed by atoms with Crippen LogP contribution in [0.25, 0.3) is 5.95 Å². The molecule has 6 heteroatoms. The fourth-order valence-electron chi connectivity index (χ4n) is 3.28. The number of aromatic nitrogens is 4. The van der Waals surface area contributed by atoms with Crippen LogP contribution < -0.4 is 5.32 Å². The van der Waals surface area contributed by atoms with Crippen LogP contribution in [0.3, 0.4) is 0 Å². The molecule has 4 rings (SSSR count). The van der Waals surface area contributed by atoms with Gasteiger partial charge in [0.15, 0.2) is 0 Å². The molecule has 2 heterocycles. The molecule has 0 saturated heterocycles. The Kier molecular flexibility index (Phi) is 3.73. The molecule has 1 aliphatic rings. The highest BCUT2D eigenvalue weighted by Gasteiger charge is 2.21. The van der Waals surface area contributed by atoms with Crippen LogP contribution in [0.1, 0.15) is 22.5 Å². The van der Waals surface area contributed by atoms with Crippen molar-refractivity contribution in [3.05, 3.63) is 64.1 Å². The maximum absolute atomic E-state index is 6.20. The van der Waals surface area contributed by atoms with E-state index in [0.29, 0.717) is 17.1 Å². The van der Waals surface area contributed by atoms with Gasteiger partial charge in [0, 0.05) is 17.8 Å². The van der Waals surface area contributed by atoms with Crippen molar-refractivity contribution in [3.63, 3.8) is 0 Å². The van der Waals surface area contributed by atoms with Crippen LogP contribution in [0.2, 0.25) is 5.15 Å². The minimum Gasteiger partial charge on any atom is -0.366 e. The highest BCUT2D eigenvalue weighted by atomic mass is 35.5. The lowest BCUT2D eigenvalue weighted by Gasteiger charge is -2.14. The average molecular weight is 340 g/mol. The fraction of sp³-hybridized carbons (Fsp3) is 0.278. The average Bonchev–Trinajstić information content (AvgIpc) is 3.08. The number of halogens is 1. The van der Waals surface area contributed by atoms with E-state index in [1.165, 1.54) is 11.1 Å². The molecule has 1 aliphatic carbocycles. The molecule has 1 N–H and O–H groups in total. The first-order valence-electron chi connectivity index (χ1n) is 8.00. The number of nitrogens with one attached hydrogen (secondary N) is 1. The molecule has 0 fully saturated rings. The summed E-state index contributed by atoms with van der Waals surface area (Å²) < 4.78 is 1.72. The van der Waals surface area contributed by atoms with Crippen LogP contribution in [0.5, 0.6) is 0 Å². The van der Waals surface area contributed by atoms with E-state index in [0.717, 1.165) is 30.0 Å². The highest BCUT2D eigenvalue weighted by molar-refractivity contribution is 6.29. The van der Waals surface area contributed by atoms with Gasteiger partial charge in [-0.05, 0) is 43.9 Å². The van der Waals surface area contributed by atoms with E-state index < -0.39 is 0 Å². The smallest absolute Gasteiger partial charge is 0.254 e. The van der Waals surface area contributed by atoms with Gasteiger partial charge in [-0.1, -0.05) is 35.9 Å². The summed E-state index contributed by atoms with van der Waals surface area (Å²) in [5.74, 6) is 1.22. The van der Waals surface area contributed by atoms with Crippen LogP contribution in [-0.2, 0) is 12.8 Å². The summed E-state index contributed by atoms with van der Waals surface area (Å²) in [4.78, 5) is 8.91. The van der Waals surface area contributed by atoms with Gasteiger partial charge in [-0.2, -0.15) is 15.1 Å². The third-order valence-electron chi connectivity index (χ3n) is 4.29. The Balaban J connectivity index is 1.60. The van der Waals surface area contributed by atoms with Crippen molar-refractivity contribution < 1.29 is 0 Å². The first-order valence-corrected chi connectivity index (χ1v) is 8.38. The van der Waals surface area contributed by atoms with E-state index in [-0.39, 0.29) is 0 Å². The number of fused-ring (bicyclic) bond motifs is 1. The molecule has 0 unspecified atom stereocenters. The van der Waals surface area contributed by atoms with Crippen LogP contribution in [-0.4, -0.2) is 25.8 Å². The van der Waals surface area contributed by atoms with Gasteiger partial charge in [-0.25, -0.2) is 4.68 Å². The van der Waals surface area contributed by atoms with Gasteiger partial charge in [-0.3, -0.25) is 0 Å². The van der Waals surface area contributed by atoms with Crippen molar-refractivity contribution in [3.8, 4) is 5.95 Å². The third-order valence-corrected chi connectivity index (χ3v) is 4.48. The van der Waals surface area contributed by atoms with E-state index in [1.807, 2.05) is 19.9 Å². The Bertz CT molecular complexity index is 877. The Morgan fingerprint density at radius 3 is 2.42 bits per heavy atom. The summed E-state index contributed by atoms with van der Waals surface area (Å²) in [6, 6.07) is 12.6. The maximum Gasteiger partial charge on any atom is 0.254 e. The molecule has 0 amide bonds. The molecule has 1 aromatic carbocycles. The number of aryl methyl sites for hydroxylation is 2. The predicted molar refractivity (Wildman–Crippen MR) is 94.9 cm³/mol. The Morgan fingerprint density at radius 2 is 1.79 bits per heavy atom. The Morgan fingerprint density at radius 1 is 1.08 bits per heavy atom. The van der Waals surface area contributed by atoms with E-state index in [1.54, 1.807) is 10.7 Å². The zero-order chi connectivity index (χ0) is 16.7. The zero-order valence-corrected chi connectivity index (χ0v) is 14.4. The Hall–Kier alpha value is -2.40. The van der Waals surface area contributed by atoms with E-state index in [4.69, 9.17) is 11.6 Å². The summed E-state index contributed by atoms with van der Waals surface area (Å²) in [5.41, 5.74) is 4.70. The lowest BCUT2D eigenvalue weighted by molar-refractivity contribution is 0.750. The molecule has 2 aromatic heterocycles.